The van der Waals surface area contributed by atoms with Crippen molar-refractivity contribution in [1.29, 1.82) is 0 Å². The van der Waals surface area contributed by atoms with Gasteiger partial charge < -0.3 is 38.9 Å². The highest BCUT2D eigenvalue weighted by atomic mass is 32.2. The van der Waals surface area contributed by atoms with Gasteiger partial charge in [0.2, 0.25) is 23.6 Å². The Morgan fingerprint density at radius 2 is 0.636 bits per heavy atom. The number of hydrogen-bond donors (Lipinski definition) is 1. The van der Waals surface area contributed by atoms with E-state index in [4.69, 9.17) is 38.3 Å². The molecule has 0 aliphatic rings. The molecule has 13 aromatic rings. The zero-order valence-electron chi connectivity index (χ0n) is 72.6. The van der Waals surface area contributed by atoms with Crippen LogP contribution in [0.25, 0.3) is 67.6 Å². The summed E-state index contributed by atoms with van der Waals surface area (Å²) in [5, 5.41) is 28.1. The van der Waals surface area contributed by atoms with E-state index >= 15 is 0 Å². The van der Waals surface area contributed by atoms with Gasteiger partial charge in [0.25, 0.3) is 10.1 Å². The van der Waals surface area contributed by atoms with Crippen molar-refractivity contribution in [1.82, 2.24) is 78.0 Å². The molecule has 0 aliphatic carbocycles. The van der Waals surface area contributed by atoms with Gasteiger partial charge in [-0.3, -0.25) is 23.4 Å². The van der Waals surface area contributed by atoms with E-state index in [1.54, 1.807) is 79.0 Å². The fourth-order valence-corrected chi connectivity index (χ4v) is 15.3. The Balaban J connectivity index is 0.000000172. The van der Waals surface area contributed by atoms with Crippen LogP contribution in [0.4, 0.5) is 4.39 Å². The van der Waals surface area contributed by atoms with Gasteiger partial charge in [-0.25, -0.2) is 42.4 Å². The summed E-state index contributed by atoms with van der Waals surface area (Å²) in [6, 6.07) is 43.7. The predicted molar refractivity (Wildman–Crippen MR) is 468 cm³/mol. The lowest BCUT2D eigenvalue weighted by molar-refractivity contribution is -0.131. The average Bonchev–Trinajstić information content (AvgIpc) is 1.64. The average molecular weight is 1670 g/mol. The Bertz CT molecular complexity index is 5880. The highest BCUT2D eigenvalue weighted by Crippen LogP contribution is 2.34. The first-order valence-electron chi connectivity index (χ1n) is 41.0. The number of methoxy groups -OCH3 is 1. The summed E-state index contributed by atoms with van der Waals surface area (Å²) in [5.74, 6) is 2.34. The number of nitrogens with zero attached hydrogens (tertiary/aromatic N) is 16. The van der Waals surface area contributed by atoms with Crippen LogP contribution in [0.2, 0.25) is 0 Å². The second-order valence-corrected chi connectivity index (χ2v) is 30.8. The minimum absolute atomic E-state index is 0.0181. The van der Waals surface area contributed by atoms with E-state index in [0.29, 0.717) is 75.2 Å². The first-order chi connectivity index (χ1) is 58.0. The van der Waals surface area contributed by atoms with Gasteiger partial charge in [-0.15, -0.1) is 0 Å². The number of rotatable bonds is 30. The quantitative estimate of drug-likeness (QED) is 0.0323. The molecule has 27 nitrogen and oxygen atoms in total. The van der Waals surface area contributed by atoms with Gasteiger partial charge in [-0.1, -0.05) is 17.7 Å². The number of halogens is 1. The molecule has 5 aromatic carbocycles. The van der Waals surface area contributed by atoms with Crippen molar-refractivity contribution < 1.29 is 55.5 Å². The number of imidazole rings is 4. The molecule has 1 N–H and O–H groups in total. The Kier molecular flexibility index (Phi) is 31.1. The molecule has 0 saturated carbocycles. The molecule has 0 aliphatic heterocycles. The van der Waals surface area contributed by atoms with Crippen molar-refractivity contribution in [3.05, 3.63) is 219 Å². The molecular formula is C92H111FN16O11S. The summed E-state index contributed by atoms with van der Waals surface area (Å²) in [6.07, 6.45) is 0.891. The molecule has 4 amide bonds. The van der Waals surface area contributed by atoms with Crippen LogP contribution in [-0.2, 0) is 59.2 Å². The molecule has 0 unspecified atom stereocenters. The number of aromatic nitrogens is 12. The zero-order chi connectivity index (χ0) is 87.5. The molecule has 0 saturated heterocycles. The van der Waals surface area contributed by atoms with Gasteiger partial charge in [0.15, 0.2) is 22.6 Å². The zero-order valence-corrected chi connectivity index (χ0v) is 73.5. The van der Waals surface area contributed by atoms with Crippen molar-refractivity contribution in [3.63, 3.8) is 0 Å². The number of carbonyl (C=O) groups excluding carboxylic acids is 4. The molecule has 0 fully saturated rings. The predicted octanol–water partition coefficient (Wildman–Crippen LogP) is 14.9. The Morgan fingerprint density at radius 3 is 0.901 bits per heavy atom. The molecule has 121 heavy (non-hydrogen) atoms. The van der Waals surface area contributed by atoms with Crippen LogP contribution in [0, 0.1) is 62.3 Å². The maximum absolute atomic E-state index is 13.0. The number of fused-ring (bicyclic) bond motifs is 4. The number of amides is 4. The number of likely N-dealkylation sites (N-methyl/N-ethyl adjacent to an activating group) is 4. The number of aryl methyl sites for hydroxylation is 9. The topological polar surface area (TPSA) is 293 Å². The van der Waals surface area contributed by atoms with Crippen molar-refractivity contribution in [2.24, 2.45) is 0 Å². The van der Waals surface area contributed by atoms with E-state index in [2.05, 4.69) is 20.4 Å². The highest BCUT2D eigenvalue weighted by molar-refractivity contribution is 7.86. The number of alkyl halides is 1. The summed E-state index contributed by atoms with van der Waals surface area (Å²) < 4.78 is 65.6. The summed E-state index contributed by atoms with van der Waals surface area (Å²) in [4.78, 5) is 78.0. The van der Waals surface area contributed by atoms with Gasteiger partial charge in [0.05, 0.1) is 106 Å². The van der Waals surface area contributed by atoms with Gasteiger partial charge in [0.1, 0.15) is 49.5 Å². The fourth-order valence-electron chi connectivity index (χ4n) is 14.4. The van der Waals surface area contributed by atoms with E-state index < -0.39 is 16.8 Å². The van der Waals surface area contributed by atoms with Crippen LogP contribution in [-0.4, -0.2) is 201 Å². The third-order valence-corrected chi connectivity index (χ3v) is 22.0. The first kappa shape index (κ1) is 90.8. The van der Waals surface area contributed by atoms with Gasteiger partial charge in [-0.2, -0.15) is 28.8 Å². The molecule has 8 aromatic heterocycles. The normalized spacial score (nSPS) is 11.2. The highest BCUT2D eigenvalue weighted by Gasteiger charge is 2.28. The number of aromatic hydroxyl groups is 1. The fraction of sp³-hybridized carbons (Fsp3) is 0.370. The molecule has 0 spiro atoms. The van der Waals surface area contributed by atoms with Crippen LogP contribution in [0.5, 0.6) is 23.0 Å². The monoisotopic (exact) mass is 1670 g/mol. The molecule has 8 heterocycles. The summed E-state index contributed by atoms with van der Waals surface area (Å²) in [6.45, 7) is 38.2. The molecule has 0 radical (unpaired) electrons. The van der Waals surface area contributed by atoms with Crippen LogP contribution in [0.1, 0.15) is 129 Å². The number of carbonyl (C=O) groups is 4. The molecular weight excluding hydrogens is 1560 g/mol. The number of phenols is 1. The standard InChI is InChI=1S/C29H34N4O5S.C22H27FN4O2.C21H26N4O2.C20H24N4O2/c1-6-32(7-2)27(34)19-26-28(30-29-21(4)18-22(5)31-33(26)29)23-10-12-24(13-11-23)37-16-17-38-39(35,36)25-14-8-20(3)9-15-25;1-5-26(6-2)20(28)14-19-21(17-7-9-18(10-8-17)29-12-11-23)24-22-15(3)13-16(4)25-27(19)22;1-6-24(7-2)19(26)13-18-20(16-8-10-17(27-5)11-9-16)22-21-14(3)12-15(4)23-25(18)21;1-5-23(6-2)18(26)12-17-19(15-7-9-16(25)10-8-15)21-20-13(3)11-14(4)22-24(17)20/h8-15,18H,6-7,16-17,19H2,1-5H3;7-10,13H,5-6,11-12,14H2,1-4H3;8-12H,6-7,13H2,1-5H3;7-11,25H,5-6,12H2,1-4H3. The Labute approximate surface area is 707 Å². The van der Waals surface area contributed by atoms with Gasteiger partial charge >= 0.3 is 0 Å². The Morgan fingerprint density at radius 1 is 0.372 bits per heavy atom. The van der Waals surface area contributed by atoms with Crippen molar-refractivity contribution in [3.8, 4) is 68.0 Å². The van der Waals surface area contributed by atoms with E-state index in [1.807, 2.05) is 217 Å². The lowest BCUT2D eigenvalue weighted by Gasteiger charge is -2.18. The molecule has 638 valence electrons. The van der Waals surface area contributed by atoms with Crippen LogP contribution < -0.4 is 14.2 Å². The lowest BCUT2D eigenvalue weighted by atomic mass is 10.1. The number of phenolic OH excluding ortho intramolecular Hbond substituents is 1. The number of benzene rings is 5. The maximum atomic E-state index is 13.0. The minimum atomic E-state index is -3.85. The van der Waals surface area contributed by atoms with E-state index in [-0.39, 0.29) is 79.8 Å². The van der Waals surface area contributed by atoms with Crippen LogP contribution >= 0.6 is 0 Å². The lowest BCUT2D eigenvalue weighted by Crippen LogP contribution is -2.32. The minimum Gasteiger partial charge on any atom is -0.508 e. The second kappa shape index (κ2) is 41.5. The summed E-state index contributed by atoms with van der Waals surface area (Å²) in [5.41, 5.74) is 21.0. The van der Waals surface area contributed by atoms with Crippen LogP contribution in [0.3, 0.4) is 0 Å². The maximum Gasteiger partial charge on any atom is 0.297 e. The van der Waals surface area contributed by atoms with Crippen molar-refractivity contribution in [2.75, 3.05) is 86.0 Å². The van der Waals surface area contributed by atoms with Crippen molar-refractivity contribution in [2.45, 2.75) is 148 Å². The smallest absolute Gasteiger partial charge is 0.297 e. The molecule has 0 bridgehead atoms. The van der Waals surface area contributed by atoms with Gasteiger partial charge in [-0.05, 0) is 273 Å². The van der Waals surface area contributed by atoms with Crippen molar-refractivity contribution >= 4 is 56.3 Å². The SMILES string of the molecule is CCN(CC)C(=O)Cc1c(-c2ccc(O)cc2)nc2c(C)cc(C)nn12.CCN(CC)C(=O)Cc1c(-c2ccc(OC)cc2)nc2c(C)cc(C)nn12.CCN(CC)C(=O)Cc1c(-c2ccc(OCCF)cc2)nc2c(C)cc(C)nn12.CCN(CC)C(=O)Cc1c(-c2ccc(OCCOS(=O)(=O)c3ccc(C)cc3)cc2)nc2c(C)cc(C)nn12. The van der Waals surface area contributed by atoms with Crippen LogP contribution in [0.15, 0.2) is 150 Å². The summed E-state index contributed by atoms with van der Waals surface area (Å²) in [7, 11) is -2.20. The molecule has 13 rings (SSSR count). The number of ether oxygens (including phenoxy) is 3. The largest absolute Gasteiger partial charge is 0.508 e. The van der Waals surface area contributed by atoms with E-state index in [1.165, 1.54) is 12.1 Å². The first-order valence-corrected chi connectivity index (χ1v) is 42.4. The summed E-state index contributed by atoms with van der Waals surface area (Å²) >= 11 is 0. The van der Waals surface area contributed by atoms with E-state index in [9.17, 15) is 37.1 Å². The van der Waals surface area contributed by atoms with E-state index in [0.717, 1.165) is 135 Å². The number of hydrogen-bond acceptors (Lipinski definition) is 19. The second-order valence-electron chi connectivity index (χ2n) is 29.2. The third kappa shape index (κ3) is 21.9. The molecule has 0 atom stereocenters. The van der Waals surface area contributed by atoms with Gasteiger partial charge in [0, 0.05) is 74.6 Å². The molecule has 29 heteroatoms. The third-order valence-electron chi connectivity index (χ3n) is 20.7. The Hall–Kier alpha value is -12.5.